The van der Waals surface area contributed by atoms with Crippen LogP contribution in [0.3, 0.4) is 0 Å². The van der Waals surface area contributed by atoms with Crippen molar-refractivity contribution in [3.63, 3.8) is 0 Å². The van der Waals surface area contributed by atoms with Crippen LogP contribution in [-0.4, -0.2) is 77.7 Å². The van der Waals surface area contributed by atoms with E-state index in [9.17, 15) is 29.4 Å². The minimum Gasteiger partial charge on any atom is -0.507 e. The van der Waals surface area contributed by atoms with E-state index < -0.39 is 36.3 Å². The molecule has 2 atom stereocenters. The number of anilines is 2. The summed E-state index contributed by atoms with van der Waals surface area (Å²) >= 11 is 0. The van der Waals surface area contributed by atoms with Crippen LogP contribution in [0.4, 0.5) is 11.4 Å². The monoisotopic (exact) mass is 524 g/mol. The molecular weight excluding hydrogens is 492 g/mol. The van der Waals surface area contributed by atoms with Crippen molar-refractivity contribution in [2.24, 2.45) is 0 Å². The average molecular weight is 525 g/mol. The van der Waals surface area contributed by atoms with E-state index in [2.05, 4.69) is 17.2 Å². The van der Waals surface area contributed by atoms with Crippen molar-refractivity contribution in [2.75, 3.05) is 36.0 Å². The number of nitrogens with one attached hydrogen (secondary N) is 2. The molecule has 5 N–H and O–H groups in total. The molecule has 0 aromatic heterocycles. The van der Waals surface area contributed by atoms with Gasteiger partial charge in [-0.1, -0.05) is 18.7 Å². The fourth-order valence-corrected chi connectivity index (χ4v) is 4.36. The molecule has 0 spiro atoms. The summed E-state index contributed by atoms with van der Waals surface area (Å²) in [6.07, 6.45) is 0.103. The van der Waals surface area contributed by atoms with Crippen LogP contribution in [0, 0.1) is 13.8 Å². The van der Waals surface area contributed by atoms with Crippen LogP contribution in [0.15, 0.2) is 48.7 Å². The molecule has 11 nitrogen and oxygen atoms in total. The maximum Gasteiger partial charge on any atom is 0.305 e. The van der Waals surface area contributed by atoms with Gasteiger partial charge < -0.3 is 40.5 Å². The lowest BCUT2D eigenvalue weighted by Crippen LogP contribution is -2.53. The van der Waals surface area contributed by atoms with Gasteiger partial charge in [0.25, 0.3) is 11.8 Å². The highest BCUT2D eigenvalue weighted by molar-refractivity contribution is 6.05. The number of carboxylic acid groups (broad SMARTS) is 1. The standard InChI is InChI=1S/C27H32N4O7/c1-16-10-19(11-17(2)25(16)36)26(37)29-21-13-31(18(3)14-32)23-7-5-4-6-22(23)30(27(21)38)9-8-28-20(15-33)12-24(34)35/h4-7,10-11,15,20-21,28,32,36H,3,8-9,12-14H2,1-2H3,(H,29,37)(H,34,35). The number of aromatic hydroxyl groups is 1. The lowest BCUT2D eigenvalue weighted by Gasteiger charge is -2.27. The highest BCUT2D eigenvalue weighted by Gasteiger charge is 2.35. The second kappa shape index (κ2) is 12.3. The molecule has 1 aliphatic rings. The molecule has 0 saturated carbocycles. The third kappa shape index (κ3) is 6.36. The van der Waals surface area contributed by atoms with Crippen LogP contribution in [0.25, 0.3) is 0 Å². The van der Waals surface area contributed by atoms with E-state index in [0.29, 0.717) is 34.5 Å². The van der Waals surface area contributed by atoms with Gasteiger partial charge in [-0.25, -0.2) is 0 Å². The van der Waals surface area contributed by atoms with Gasteiger partial charge in [0.05, 0.1) is 37.0 Å². The summed E-state index contributed by atoms with van der Waals surface area (Å²) in [6, 6.07) is 8.08. The molecule has 1 aliphatic heterocycles. The van der Waals surface area contributed by atoms with Gasteiger partial charge in [-0.2, -0.15) is 0 Å². The van der Waals surface area contributed by atoms with Crippen LogP contribution in [-0.2, 0) is 14.4 Å². The Hall–Kier alpha value is -4.22. The van der Waals surface area contributed by atoms with E-state index in [1.807, 2.05) is 0 Å². The molecule has 0 radical (unpaired) electrons. The number of rotatable bonds is 11. The molecule has 2 unspecified atom stereocenters. The van der Waals surface area contributed by atoms with Crippen molar-refractivity contribution in [1.82, 2.24) is 10.6 Å². The highest BCUT2D eigenvalue weighted by Crippen LogP contribution is 2.34. The SMILES string of the molecule is C=C(CO)N1CC(NC(=O)c2cc(C)c(O)c(C)c2)C(=O)N(CCNC(C=O)CC(=O)O)c2ccccc21. The van der Waals surface area contributed by atoms with Crippen LogP contribution in [0.2, 0.25) is 0 Å². The predicted molar refractivity (Wildman–Crippen MR) is 141 cm³/mol. The van der Waals surface area contributed by atoms with Gasteiger partial charge in [-0.15, -0.1) is 0 Å². The first-order valence-electron chi connectivity index (χ1n) is 12.1. The van der Waals surface area contributed by atoms with E-state index in [-0.39, 0.29) is 37.6 Å². The first-order chi connectivity index (χ1) is 18.1. The number of aryl methyl sites for hydroxylation is 2. The molecule has 2 aromatic carbocycles. The summed E-state index contributed by atoms with van der Waals surface area (Å²) in [5, 5.41) is 34.5. The van der Waals surface area contributed by atoms with Gasteiger partial charge in [0.15, 0.2) is 0 Å². The molecule has 0 fully saturated rings. The summed E-state index contributed by atoms with van der Waals surface area (Å²) in [7, 11) is 0. The van der Waals surface area contributed by atoms with E-state index >= 15 is 0 Å². The lowest BCUT2D eigenvalue weighted by molar-refractivity contribution is -0.138. The molecule has 38 heavy (non-hydrogen) atoms. The maximum atomic E-state index is 13.8. The molecule has 202 valence electrons. The van der Waals surface area contributed by atoms with Crippen molar-refractivity contribution in [2.45, 2.75) is 32.4 Å². The Bertz CT molecular complexity index is 1220. The van der Waals surface area contributed by atoms with Gasteiger partial charge >= 0.3 is 5.97 Å². The summed E-state index contributed by atoms with van der Waals surface area (Å²) in [5.74, 6) is -2.00. The largest absolute Gasteiger partial charge is 0.507 e. The Balaban J connectivity index is 1.93. The number of aliphatic hydroxyl groups is 1. The number of fused-ring (bicyclic) bond motifs is 1. The number of carbonyl (C=O) groups excluding carboxylic acids is 3. The average Bonchev–Trinajstić information content (AvgIpc) is 3.00. The van der Waals surface area contributed by atoms with Crippen molar-refractivity contribution in [1.29, 1.82) is 0 Å². The summed E-state index contributed by atoms with van der Waals surface area (Å²) < 4.78 is 0. The number of nitrogens with zero attached hydrogens (tertiary/aromatic N) is 2. The van der Waals surface area contributed by atoms with E-state index in [1.165, 1.54) is 17.0 Å². The van der Waals surface area contributed by atoms with Crippen LogP contribution in [0.1, 0.15) is 27.9 Å². The van der Waals surface area contributed by atoms with Crippen molar-refractivity contribution in [3.05, 3.63) is 65.4 Å². The number of carboxylic acids is 1. The van der Waals surface area contributed by atoms with Gasteiger partial charge in [0.1, 0.15) is 18.1 Å². The number of phenols is 1. The van der Waals surface area contributed by atoms with E-state index in [1.54, 1.807) is 43.0 Å². The fourth-order valence-electron chi connectivity index (χ4n) is 4.36. The van der Waals surface area contributed by atoms with E-state index in [0.717, 1.165) is 0 Å². The molecule has 0 bridgehead atoms. The Morgan fingerprint density at radius 3 is 2.39 bits per heavy atom. The number of benzene rings is 2. The third-order valence-corrected chi connectivity index (χ3v) is 6.32. The number of phenolic OH excluding ortho intramolecular Hbond substituents is 1. The van der Waals surface area contributed by atoms with Crippen LogP contribution < -0.4 is 20.4 Å². The zero-order chi connectivity index (χ0) is 28.0. The summed E-state index contributed by atoms with van der Waals surface area (Å²) in [6.45, 7) is 7.06. The van der Waals surface area contributed by atoms with Crippen molar-refractivity contribution >= 4 is 35.4 Å². The van der Waals surface area contributed by atoms with E-state index in [4.69, 9.17) is 5.11 Å². The minimum absolute atomic E-state index is 0.00304. The quantitative estimate of drug-likeness (QED) is 0.271. The normalized spacial score (nSPS) is 15.9. The third-order valence-electron chi connectivity index (χ3n) is 6.32. The van der Waals surface area contributed by atoms with Crippen LogP contribution >= 0.6 is 0 Å². The Morgan fingerprint density at radius 1 is 1.18 bits per heavy atom. The highest BCUT2D eigenvalue weighted by atomic mass is 16.4. The van der Waals surface area contributed by atoms with Crippen molar-refractivity contribution in [3.8, 4) is 5.75 Å². The molecule has 1 heterocycles. The topological polar surface area (TPSA) is 160 Å². The Labute approximate surface area is 220 Å². The molecule has 11 heteroatoms. The zero-order valence-electron chi connectivity index (χ0n) is 21.3. The maximum absolute atomic E-state index is 13.8. The van der Waals surface area contributed by atoms with Gasteiger partial charge in [-0.05, 0) is 49.2 Å². The number of amides is 2. The molecule has 3 rings (SSSR count). The molecule has 2 amide bonds. The molecule has 2 aromatic rings. The number of aldehydes is 1. The minimum atomic E-state index is -1.13. The predicted octanol–water partition coefficient (Wildman–Crippen LogP) is 1.10. The number of hydrogen-bond donors (Lipinski definition) is 5. The number of carbonyl (C=O) groups is 4. The number of hydrogen-bond acceptors (Lipinski definition) is 8. The summed E-state index contributed by atoms with van der Waals surface area (Å²) in [5.41, 5.74) is 2.72. The number of aliphatic carboxylic acids is 1. The summed E-state index contributed by atoms with van der Waals surface area (Å²) in [4.78, 5) is 52.4. The van der Waals surface area contributed by atoms with Gasteiger partial charge in [0, 0.05) is 24.4 Å². The fraction of sp³-hybridized carbons (Fsp3) is 0.333. The lowest BCUT2D eigenvalue weighted by atomic mass is 10.0. The molecule has 0 saturated heterocycles. The molecule has 0 aliphatic carbocycles. The number of aliphatic hydroxyl groups excluding tert-OH is 1. The smallest absolute Gasteiger partial charge is 0.305 e. The Morgan fingerprint density at radius 2 is 1.82 bits per heavy atom. The molecular formula is C27H32N4O7. The zero-order valence-corrected chi connectivity index (χ0v) is 21.3. The number of para-hydroxylation sites is 2. The van der Waals surface area contributed by atoms with Crippen LogP contribution in [0.5, 0.6) is 5.75 Å². The second-order valence-electron chi connectivity index (χ2n) is 9.09. The second-order valence-corrected chi connectivity index (χ2v) is 9.09. The van der Waals surface area contributed by atoms with Crippen molar-refractivity contribution < 1.29 is 34.5 Å². The first kappa shape index (κ1) is 28.4. The van der Waals surface area contributed by atoms with Gasteiger partial charge in [0.2, 0.25) is 0 Å². The Kier molecular flexibility index (Phi) is 9.21. The first-order valence-corrected chi connectivity index (χ1v) is 12.1. The van der Waals surface area contributed by atoms with Gasteiger partial charge in [-0.3, -0.25) is 14.4 Å².